The summed E-state index contributed by atoms with van der Waals surface area (Å²) in [4.78, 5) is 15.8. The van der Waals surface area contributed by atoms with Gasteiger partial charge < -0.3 is 26.0 Å². The number of amides is 1. The monoisotopic (exact) mass is 326 g/mol. The second-order valence-corrected chi connectivity index (χ2v) is 6.79. The van der Waals surface area contributed by atoms with Crippen molar-refractivity contribution in [1.29, 1.82) is 0 Å². The fourth-order valence-electron chi connectivity index (χ4n) is 2.29. The highest BCUT2D eigenvalue weighted by atomic mass is 35.5. The number of piperazine rings is 1. The van der Waals surface area contributed by atoms with Gasteiger partial charge in [-0.05, 0) is 32.9 Å². The molecule has 1 aliphatic rings. The van der Waals surface area contributed by atoms with Gasteiger partial charge >= 0.3 is 6.09 Å². The van der Waals surface area contributed by atoms with Crippen molar-refractivity contribution in [3.8, 4) is 0 Å². The fourth-order valence-corrected chi connectivity index (χ4v) is 2.58. The maximum Gasteiger partial charge on any atom is 0.410 e. The van der Waals surface area contributed by atoms with E-state index < -0.39 is 5.60 Å². The number of ether oxygens (including phenoxy) is 1. The molecule has 0 spiro atoms. The van der Waals surface area contributed by atoms with E-state index in [4.69, 9.17) is 27.8 Å². The third-order valence-electron chi connectivity index (χ3n) is 3.42. The van der Waals surface area contributed by atoms with Crippen LogP contribution in [-0.2, 0) is 4.74 Å². The molecule has 0 unspecified atom stereocenters. The van der Waals surface area contributed by atoms with Gasteiger partial charge in [0.25, 0.3) is 0 Å². The summed E-state index contributed by atoms with van der Waals surface area (Å²) >= 11 is 6.24. The molecule has 0 bridgehead atoms. The molecule has 22 heavy (non-hydrogen) atoms. The molecule has 1 aromatic carbocycles. The highest BCUT2D eigenvalue weighted by Gasteiger charge is 2.26. The highest BCUT2D eigenvalue weighted by Crippen LogP contribution is 2.32. The number of anilines is 3. The van der Waals surface area contributed by atoms with Crippen LogP contribution < -0.4 is 16.4 Å². The molecule has 0 radical (unpaired) electrons. The first-order chi connectivity index (χ1) is 10.2. The molecule has 122 valence electrons. The number of carbonyl (C=O) groups is 1. The van der Waals surface area contributed by atoms with Crippen LogP contribution in [0.5, 0.6) is 0 Å². The molecule has 0 aromatic heterocycles. The predicted octanol–water partition coefficient (Wildman–Crippen LogP) is 2.56. The lowest BCUT2D eigenvalue weighted by molar-refractivity contribution is 0.0240. The Bertz CT molecular complexity index is 563. The number of hydrogen-bond donors (Lipinski definition) is 2. The predicted molar refractivity (Wildman–Crippen MR) is 90.3 cm³/mol. The fraction of sp³-hybridized carbons (Fsp3) is 0.533. The average Bonchev–Trinajstić information content (AvgIpc) is 2.41. The Morgan fingerprint density at radius 2 is 1.68 bits per heavy atom. The second-order valence-electron chi connectivity index (χ2n) is 6.39. The number of carbonyl (C=O) groups excluding carboxylic acids is 1. The second kappa shape index (κ2) is 6.12. The zero-order chi connectivity index (χ0) is 16.5. The Hall–Kier alpha value is -1.82. The van der Waals surface area contributed by atoms with Gasteiger partial charge in [0.2, 0.25) is 0 Å². The Morgan fingerprint density at radius 3 is 2.23 bits per heavy atom. The van der Waals surface area contributed by atoms with Crippen molar-refractivity contribution >= 4 is 34.8 Å². The van der Waals surface area contributed by atoms with E-state index in [1.807, 2.05) is 20.8 Å². The zero-order valence-electron chi connectivity index (χ0n) is 13.2. The highest BCUT2D eigenvalue weighted by molar-refractivity contribution is 6.33. The molecule has 1 amide bonds. The summed E-state index contributed by atoms with van der Waals surface area (Å²) in [5, 5.41) is 0.567. The number of nitrogen functional groups attached to an aromatic ring is 2. The van der Waals surface area contributed by atoms with E-state index >= 15 is 0 Å². The summed E-state index contributed by atoms with van der Waals surface area (Å²) in [7, 11) is 0. The van der Waals surface area contributed by atoms with Crippen molar-refractivity contribution in [2.75, 3.05) is 42.5 Å². The maximum absolute atomic E-state index is 12.0. The largest absolute Gasteiger partial charge is 0.444 e. The minimum absolute atomic E-state index is 0.282. The summed E-state index contributed by atoms with van der Waals surface area (Å²) in [5.74, 6) is 0. The summed E-state index contributed by atoms with van der Waals surface area (Å²) in [6, 6.07) is 3.44. The van der Waals surface area contributed by atoms with Crippen LogP contribution in [0.25, 0.3) is 0 Å². The number of hydrogen-bond acceptors (Lipinski definition) is 5. The standard InChI is InChI=1S/C15H23ClN4O2/c1-15(2,3)22-14(21)20-6-4-19(5-7-20)13-9-12(18)11(17)8-10(13)16/h8-9H,4-7,17-18H2,1-3H3. The molecule has 0 atom stereocenters. The third-order valence-corrected chi connectivity index (χ3v) is 3.73. The molecule has 4 N–H and O–H groups in total. The summed E-state index contributed by atoms with van der Waals surface area (Å²) in [6.07, 6.45) is -0.282. The first kappa shape index (κ1) is 16.5. The summed E-state index contributed by atoms with van der Waals surface area (Å²) < 4.78 is 5.38. The average molecular weight is 327 g/mol. The first-order valence-electron chi connectivity index (χ1n) is 7.25. The van der Waals surface area contributed by atoms with Crippen LogP contribution in [0, 0.1) is 0 Å². The quantitative estimate of drug-likeness (QED) is 0.775. The molecule has 7 heteroatoms. The molecule has 0 saturated carbocycles. The molecule has 1 aromatic rings. The van der Waals surface area contributed by atoms with Crippen LogP contribution >= 0.6 is 11.6 Å². The molecule has 1 aliphatic heterocycles. The van der Waals surface area contributed by atoms with Gasteiger partial charge in [0.1, 0.15) is 5.60 Å². The zero-order valence-corrected chi connectivity index (χ0v) is 14.0. The molecule has 1 saturated heterocycles. The summed E-state index contributed by atoms with van der Waals surface area (Å²) in [6.45, 7) is 8.07. The Labute approximate surface area is 135 Å². The molecule has 2 rings (SSSR count). The molecule has 0 aliphatic carbocycles. The van der Waals surface area contributed by atoms with Crippen molar-refractivity contribution in [2.45, 2.75) is 26.4 Å². The van der Waals surface area contributed by atoms with Crippen LogP contribution in [0.1, 0.15) is 20.8 Å². The SMILES string of the molecule is CC(C)(C)OC(=O)N1CCN(c2cc(N)c(N)cc2Cl)CC1. The van der Waals surface area contributed by atoms with Crippen LogP contribution in [0.2, 0.25) is 5.02 Å². The first-order valence-corrected chi connectivity index (χ1v) is 7.62. The van der Waals surface area contributed by atoms with Crippen LogP contribution in [0.4, 0.5) is 21.9 Å². The van der Waals surface area contributed by atoms with E-state index in [0.29, 0.717) is 42.6 Å². The molecular weight excluding hydrogens is 304 g/mol. The van der Waals surface area contributed by atoms with Gasteiger partial charge in [0.15, 0.2) is 0 Å². The molecule has 6 nitrogen and oxygen atoms in total. The minimum Gasteiger partial charge on any atom is -0.444 e. The lowest BCUT2D eigenvalue weighted by Crippen LogP contribution is -2.50. The Kier molecular flexibility index (Phi) is 4.60. The van der Waals surface area contributed by atoms with E-state index in [-0.39, 0.29) is 6.09 Å². The number of halogens is 1. The van der Waals surface area contributed by atoms with Crippen LogP contribution in [0.15, 0.2) is 12.1 Å². The van der Waals surface area contributed by atoms with Crippen LogP contribution in [-0.4, -0.2) is 42.8 Å². The van der Waals surface area contributed by atoms with Crippen molar-refractivity contribution in [3.63, 3.8) is 0 Å². The molecule has 1 fully saturated rings. The van der Waals surface area contributed by atoms with Crippen molar-refractivity contribution < 1.29 is 9.53 Å². The topological polar surface area (TPSA) is 84.8 Å². The van der Waals surface area contributed by atoms with Gasteiger partial charge in [-0.25, -0.2) is 4.79 Å². The van der Waals surface area contributed by atoms with E-state index in [9.17, 15) is 4.79 Å². The van der Waals surface area contributed by atoms with Gasteiger partial charge in [-0.3, -0.25) is 0 Å². The van der Waals surface area contributed by atoms with E-state index in [1.54, 1.807) is 17.0 Å². The minimum atomic E-state index is -0.483. The number of benzene rings is 1. The lowest BCUT2D eigenvalue weighted by Gasteiger charge is -2.37. The number of nitrogens with two attached hydrogens (primary N) is 2. The molecular formula is C15H23ClN4O2. The van der Waals surface area contributed by atoms with Crippen LogP contribution in [0.3, 0.4) is 0 Å². The van der Waals surface area contributed by atoms with E-state index in [2.05, 4.69) is 4.90 Å². The Morgan fingerprint density at radius 1 is 1.14 bits per heavy atom. The van der Waals surface area contributed by atoms with Crippen molar-refractivity contribution in [1.82, 2.24) is 4.90 Å². The summed E-state index contributed by atoms with van der Waals surface area (Å²) in [5.41, 5.74) is 12.9. The normalized spacial score (nSPS) is 15.8. The van der Waals surface area contributed by atoms with E-state index in [1.165, 1.54) is 0 Å². The van der Waals surface area contributed by atoms with Crippen molar-refractivity contribution in [3.05, 3.63) is 17.2 Å². The van der Waals surface area contributed by atoms with Gasteiger partial charge in [0.05, 0.1) is 22.1 Å². The smallest absolute Gasteiger partial charge is 0.410 e. The third kappa shape index (κ3) is 3.88. The lowest BCUT2D eigenvalue weighted by atomic mass is 10.2. The maximum atomic E-state index is 12.0. The van der Waals surface area contributed by atoms with E-state index in [0.717, 1.165) is 5.69 Å². The van der Waals surface area contributed by atoms with Crippen molar-refractivity contribution in [2.24, 2.45) is 0 Å². The van der Waals surface area contributed by atoms with Gasteiger partial charge in [-0.1, -0.05) is 11.6 Å². The molecule has 1 heterocycles. The number of rotatable bonds is 1. The van der Waals surface area contributed by atoms with Gasteiger partial charge in [-0.2, -0.15) is 0 Å². The van der Waals surface area contributed by atoms with Gasteiger partial charge in [-0.15, -0.1) is 0 Å². The number of nitrogens with zero attached hydrogens (tertiary/aromatic N) is 2. The Balaban J connectivity index is 2.01. The van der Waals surface area contributed by atoms with Gasteiger partial charge in [0, 0.05) is 26.2 Å².